The van der Waals surface area contributed by atoms with E-state index in [9.17, 15) is 4.79 Å². The molecule has 2 saturated carbocycles. The maximum absolute atomic E-state index is 12.3. The van der Waals surface area contributed by atoms with Crippen LogP contribution in [0.2, 0.25) is 0 Å². The van der Waals surface area contributed by atoms with E-state index in [-0.39, 0.29) is 5.91 Å². The molecule has 28 heavy (non-hydrogen) atoms. The third-order valence-electron chi connectivity index (χ3n) is 7.64. The molecule has 3 fully saturated rings. The number of carbonyl (C=O) groups is 1. The van der Waals surface area contributed by atoms with Crippen LogP contribution >= 0.6 is 11.3 Å². The Hall–Kier alpha value is -0.910. The molecule has 1 amide bonds. The number of fused-ring (bicyclic) bond motifs is 1. The van der Waals surface area contributed by atoms with Crippen LogP contribution in [0.25, 0.3) is 0 Å². The van der Waals surface area contributed by atoms with E-state index in [2.05, 4.69) is 24.1 Å². The average molecular weight is 403 g/mol. The van der Waals surface area contributed by atoms with Gasteiger partial charge < -0.3 is 10.1 Å². The molecule has 2 aliphatic heterocycles. The van der Waals surface area contributed by atoms with E-state index in [1.807, 2.05) is 11.3 Å². The Kier molecular flexibility index (Phi) is 5.27. The molecule has 0 aromatic carbocycles. The molecule has 0 bridgehead atoms. The van der Waals surface area contributed by atoms with E-state index in [0.29, 0.717) is 12.0 Å². The Morgan fingerprint density at radius 1 is 1.18 bits per heavy atom. The van der Waals surface area contributed by atoms with Crippen molar-refractivity contribution in [3.05, 3.63) is 20.9 Å². The van der Waals surface area contributed by atoms with Crippen LogP contribution in [-0.2, 0) is 11.2 Å². The van der Waals surface area contributed by atoms with Gasteiger partial charge in [0.15, 0.2) is 0 Å². The summed E-state index contributed by atoms with van der Waals surface area (Å²) < 4.78 is 6.03. The van der Waals surface area contributed by atoms with E-state index in [1.165, 1.54) is 53.8 Å². The Morgan fingerprint density at radius 3 is 2.61 bits per heavy atom. The summed E-state index contributed by atoms with van der Waals surface area (Å²) >= 11 is 1.92. The molecule has 4 nitrogen and oxygen atoms in total. The highest BCUT2D eigenvalue weighted by molar-refractivity contribution is 7.12. The first-order valence-corrected chi connectivity index (χ1v) is 12.2. The molecule has 4 aliphatic rings. The van der Waals surface area contributed by atoms with E-state index in [4.69, 9.17) is 4.74 Å². The molecule has 154 valence electrons. The number of thiophene rings is 1. The number of nitrogens with zero attached hydrogens (tertiary/aromatic N) is 1. The minimum atomic E-state index is 0.147. The summed E-state index contributed by atoms with van der Waals surface area (Å²) in [4.78, 5) is 17.7. The summed E-state index contributed by atoms with van der Waals surface area (Å²) in [5.74, 6) is 2.37. The maximum Gasteiger partial charge on any atom is 0.252 e. The lowest BCUT2D eigenvalue weighted by Gasteiger charge is -2.46. The largest absolute Gasteiger partial charge is 0.375 e. The van der Waals surface area contributed by atoms with Crippen molar-refractivity contribution < 1.29 is 9.53 Å². The van der Waals surface area contributed by atoms with Gasteiger partial charge in [-0.1, -0.05) is 6.92 Å². The van der Waals surface area contributed by atoms with Gasteiger partial charge in [-0.25, -0.2) is 0 Å². The second kappa shape index (κ2) is 7.73. The van der Waals surface area contributed by atoms with Crippen molar-refractivity contribution in [2.45, 2.75) is 76.9 Å². The molecule has 2 aliphatic carbocycles. The molecule has 5 heteroatoms. The van der Waals surface area contributed by atoms with Gasteiger partial charge in [-0.3, -0.25) is 9.69 Å². The quantitative estimate of drug-likeness (QED) is 0.778. The van der Waals surface area contributed by atoms with Gasteiger partial charge in [0.2, 0.25) is 0 Å². The van der Waals surface area contributed by atoms with Crippen LogP contribution in [0.3, 0.4) is 0 Å². The zero-order chi connectivity index (χ0) is 19.3. The van der Waals surface area contributed by atoms with E-state index in [0.717, 1.165) is 56.1 Å². The predicted octanol–water partition coefficient (Wildman–Crippen LogP) is 4.12. The molecule has 0 spiro atoms. The van der Waals surface area contributed by atoms with Gasteiger partial charge in [0.05, 0.1) is 11.7 Å². The van der Waals surface area contributed by atoms with Crippen molar-refractivity contribution in [1.82, 2.24) is 10.2 Å². The summed E-state index contributed by atoms with van der Waals surface area (Å²) in [5, 5.41) is 3.02. The second-order valence-corrected chi connectivity index (χ2v) is 10.7. The van der Waals surface area contributed by atoms with Crippen molar-refractivity contribution in [3.63, 3.8) is 0 Å². The number of amides is 1. The SMILES string of the molecule is Cc1c(C(C)[C@H]2CC[C@H](N3CC(OCC4CC4)C3)CC2)sc2c1C(=O)NCC2. The summed E-state index contributed by atoms with van der Waals surface area (Å²) in [5.41, 5.74) is 2.25. The number of ether oxygens (including phenoxy) is 1. The fourth-order valence-corrected chi connectivity index (χ4v) is 6.94. The lowest BCUT2D eigenvalue weighted by molar-refractivity contribution is -0.0820. The highest BCUT2D eigenvalue weighted by atomic mass is 32.1. The summed E-state index contributed by atoms with van der Waals surface area (Å²) in [7, 11) is 0. The lowest BCUT2D eigenvalue weighted by atomic mass is 9.76. The predicted molar refractivity (Wildman–Crippen MR) is 113 cm³/mol. The summed E-state index contributed by atoms with van der Waals surface area (Å²) in [6.07, 6.45) is 9.58. The number of likely N-dealkylation sites (tertiary alicyclic amines) is 1. The normalized spacial score (nSPS) is 29.9. The minimum absolute atomic E-state index is 0.147. The number of rotatable bonds is 6. The first-order valence-electron chi connectivity index (χ1n) is 11.4. The van der Waals surface area contributed by atoms with E-state index < -0.39 is 0 Å². The molecule has 1 saturated heterocycles. The monoisotopic (exact) mass is 402 g/mol. The fourth-order valence-electron chi connectivity index (χ4n) is 5.49. The average Bonchev–Trinajstić information content (AvgIpc) is 3.43. The molecule has 1 atom stereocenters. The van der Waals surface area contributed by atoms with E-state index in [1.54, 1.807) is 0 Å². The van der Waals surface area contributed by atoms with Crippen molar-refractivity contribution in [2.75, 3.05) is 26.2 Å². The van der Waals surface area contributed by atoms with Crippen LogP contribution in [0.4, 0.5) is 0 Å². The number of nitrogens with one attached hydrogen (secondary N) is 1. The van der Waals surface area contributed by atoms with Crippen molar-refractivity contribution in [2.24, 2.45) is 11.8 Å². The van der Waals surface area contributed by atoms with Crippen LogP contribution in [0.5, 0.6) is 0 Å². The molecular formula is C23H34N2O2S. The number of carbonyl (C=O) groups excluding carboxylic acids is 1. The summed E-state index contributed by atoms with van der Waals surface area (Å²) in [6, 6.07) is 0.771. The standard InChI is InChI=1S/C23H34N2O2S/c1-14(22-15(2)21-20(28-22)9-10-24-23(21)26)17-5-7-18(8-6-17)25-11-19(12-25)27-13-16-3-4-16/h14,16-19H,3-13H2,1-2H3,(H,24,26)/t14?,17-,18-. The van der Waals surface area contributed by atoms with Gasteiger partial charge in [-0.15, -0.1) is 11.3 Å². The van der Waals surface area contributed by atoms with Gasteiger partial charge in [-0.2, -0.15) is 0 Å². The third-order valence-corrected chi connectivity index (χ3v) is 9.19. The van der Waals surface area contributed by atoms with Gasteiger partial charge in [0, 0.05) is 42.0 Å². The highest BCUT2D eigenvalue weighted by Crippen LogP contribution is 2.43. The molecule has 1 aromatic heterocycles. The van der Waals surface area contributed by atoms with Crippen LogP contribution in [-0.4, -0.2) is 49.2 Å². The Balaban J connectivity index is 1.14. The van der Waals surface area contributed by atoms with Crippen LogP contribution < -0.4 is 5.32 Å². The number of hydrogen-bond donors (Lipinski definition) is 1. The summed E-state index contributed by atoms with van der Waals surface area (Å²) in [6.45, 7) is 8.68. The fraction of sp³-hybridized carbons (Fsp3) is 0.783. The highest BCUT2D eigenvalue weighted by Gasteiger charge is 2.37. The van der Waals surface area contributed by atoms with Gasteiger partial charge >= 0.3 is 0 Å². The van der Waals surface area contributed by atoms with Crippen molar-refractivity contribution in [1.29, 1.82) is 0 Å². The molecule has 1 unspecified atom stereocenters. The topological polar surface area (TPSA) is 41.6 Å². The number of hydrogen-bond acceptors (Lipinski definition) is 4. The molecule has 1 aromatic rings. The molecule has 0 radical (unpaired) electrons. The Morgan fingerprint density at radius 2 is 1.93 bits per heavy atom. The van der Waals surface area contributed by atoms with Crippen LogP contribution in [0.15, 0.2) is 0 Å². The van der Waals surface area contributed by atoms with Gasteiger partial charge in [-0.05, 0) is 75.2 Å². The van der Waals surface area contributed by atoms with Crippen LogP contribution in [0, 0.1) is 18.8 Å². The zero-order valence-electron chi connectivity index (χ0n) is 17.3. The molecule has 5 rings (SSSR count). The Labute approximate surface area is 173 Å². The van der Waals surface area contributed by atoms with Crippen molar-refractivity contribution in [3.8, 4) is 0 Å². The minimum Gasteiger partial charge on any atom is -0.375 e. The molecule has 3 heterocycles. The van der Waals surface area contributed by atoms with Crippen molar-refractivity contribution >= 4 is 17.2 Å². The van der Waals surface area contributed by atoms with Gasteiger partial charge in [0.1, 0.15) is 0 Å². The molecule has 1 N–H and O–H groups in total. The Bertz CT molecular complexity index is 727. The maximum atomic E-state index is 12.3. The van der Waals surface area contributed by atoms with Gasteiger partial charge in [0.25, 0.3) is 5.91 Å². The van der Waals surface area contributed by atoms with E-state index >= 15 is 0 Å². The molecular weight excluding hydrogens is 368 g/mol. The smallest absolute Gasteiger partial charge is 0.252 e. The zero-order valence-corrected chi connectivity index (χ0v) is 18.2. The third kappa shape index (κ3) is 3.66. The van der Waals surface area contributed by atoms with Crippen LogP contribution in [0.1, 0.15) is 77.0 Å². The second-order valence-electron chi connectivity index (χ2n) is 9.61. The first-order chi connectivity index (χ1) is 13.6. The lowest BCUT2D eigenvalue weighted by Crippen LogP contribution is -2.57. The first kappa shape index (κ1) is 19.1.